The van der Waals surface area contributed by atoms with Crippen molar-refractivity contribution in [3.05, 3.63) is 166 Å². The lowest BCUT2D eigenvalue weighted by atomic mass is 9.67. The molecule has 4 N–H and O–H groups in total. The number of hydrogen-bond acceptors (Lipinski definition) is 4. The third kappa shape index (κ3) is 6.36. The van der Waals surface area contributed by atoms with E-state index in [0.29, 0.717) is 0 Å². The summed E-state index contributed by atoms with van der Waals surface area (Å²) < 4.78 is 13.3. The highest BCUT2D eigenvalue weighted by atomic mass is 16.5. The maximum absolute atomic E-state index is 6.64. The number of rotatable bonds is 12. The highest BCUT2D eigenvalue weighted by Gasteiger charge is 2.46. The quantitative estimate of drug-likeness (QED) is 0.127. The van der Waals surface area contributed by atoms with Crippen molar-refractivity contribution in [3.63, 3.8) is 0 Å². The fraction of sp³-hybridized carbons (Fsp3) is 0.234. The lowest BCUT2D eigenvalue weighted by Crippen LogP contribution is -2.28. The lowest BCUT2D eigenvalue weighted by molar-refractivity contribution is 0.470. The number of ether oxygens (including phenoxy) is 2. The van der Waals surface area contributed by atoms with Gasteiger partial charge in [-0.15, -0.1) is 0 Å². The van der Waals surface area contributed by atoms with Crippen LogP contribution in [0.1, 0.15) is 84.0 Å². The zero-order valence-corrected chi connectivity index (χ0v) is 30.3. The van der Waals surface area contributed by atoms with E-state index in [0.717, 1.165) is 95.2 Å². The number of fused-ring (bicyclic) bond motifs is 3. The van der Waals surface area contributed by atoms with Crippen LogP contribution in [0.5, 0.6) is 23.0 Å². The Morgan fingerprint density at radius 1 is 0.490 bits per heavy atom. The molecule has 4 heteroatoms. The van der Waals surface area contributed by atoms with Crippen LogP contribution in [0.25, 0.3) is 11.1 Å². The van der Waals surface area contributed by atoms with Crippen LogP contribution >= 0.6 is 0 Å². The second-order valence-electron chi connectivity index (χ2n) is 13.9. The maximum atomic E-state index is 6.64. The molecule has 1 aliphatic carbocycles. The molecule has 0 unspecified atom stereocenters. The molecular formula is C47H48N2O2. The predicted octanol–water partition coefficient (Wildman–Crippen LogP) is 12.1. The Labute approximate surface area is 303 Å². The molecule has 0 atom stereocenters. The summed E-state index contributed by atoms with van der Waals surface area (Å²) in [6.07, 6.45) is 6.26. The van der Waals surface area contributed by atoms with Crippen molar-refractivity contribution in [2.75, 3.05) is 11.5 Å². The monoisotopic (exact) mass is 672 g/mol. The Morgan fingerprint density at radius 2 is 0.902 bits per heavy atom. The summed E-state index contributed by atoms with van der Waals surface area (Å²) >= 11 is 0. The number of benzene rings is 6. The third-order valence-electron chi connectivity index (χ3n) is 10.4. The Kier molecular flexibility index (Phi) is 9.60. The van der Waals surface area contributed by atoms with Crippen LogP contribution in [0.3, 0.4) is 0 Å². The van der Waals surface area contributed by atoms with E-state index in [1.165, 1.54) is 33.4 Å². The second-order valence-corrected chi connectivity index (χ2v) is 13.9. The summed E-state index contributed by atoms with van der Waals surface area (Å²) in [6.45, 7) is 8.70. The highest BCUT2D eigenvalue weighted by molar-refractivity contribution is 5.86. The van der Waals surface area contributed by atoms with E-state index < -0.39 is 5.41 Å². The van der Waals surface area contributed by atoms with Crippen molar-refractivity contribution in [2.24, 2.45) is 0 Å². The van der Waals surface area contributed by atoms with Crippen LogP contribution in [-0.4, -0.2) is 0 Å². The molecule has 6 aromatic rings. The smallest absolute Gasteiger partial charge is 0.130 e. The molecule has 0 radical (unpaired) electrons. The predicted molar refractivity (Wildman–Crippen MR) is 212 cm³/mol. The molecule has 4 nitrogen and oxygen atoms in total. The van der Waals surface area contributed by atoms with Gasteiger partial charge in [-0.25, -0.2) is 0 Å². The molecule has 0 heterocycles. The minimum absolute atomic E-state index is 0.541. The second kappa shape index (κ2) is 14.4. The van der Waals surface area contributed by atoms with Crippen molar-refractivity contribution < 1.29 is 9.47 Å². The Morgan fingerprint density at radius 3 is 1.31 bits per heavy atom. The Bertz CT molecular complexity index is 2040. The van der Waals surface area contributed by atoms with Crippen LogP contribution < -0.4 is 20.9 Å². The van der Waals surface area contributed by atoms with Gasteiger partial charge < -0.3 is 20.9 Å². The van der Waals surface area contributed by atoms with Gasteiger partial charge in [-0.3, -0.25) is 0 Å². The molecule has 0 spiro atoms. The largest absolute Gasteiger partial charge is 0.457 e. The SMILES string of the molecule is CCCCc1cc(N)ccc1Oc1ccc(C2(c3ccc(Oc4ccc(N)cc4CCCC)c(C)c3)c3ccccc3-c3ccccc32)cc1C. The van der Waals surface area contributed by atoms with Gasteiger partial charge in [-0.2, -0.15) is 0 Å². The van der Waals surface area contributed by atoms with E-state index in [1.54, 1.807) is 0 Å². The average Bonchev–Trinajstić information content (AvgIpc) is 3.44. The molecular weight excluding hydrogens is 625 g/mol. The fourth-order valence-corrected chi connectivity index (χ4v) is 7.78. The average molecular weight is 673 g/mol. The Hall–Kier alpha value is -5.48. The van der Waals surface area contributed by atoms with E-state index in [-0.39, 0.29) is 0 Å². The molecule has 258 valence electrons. The van der Waals surface area contributed by atoms with Gasteiger partial charge in [0.1, 0.15) is 23.0 Å². The molecule has 51 heavy (non-hydrogen) atoms. The lowest BCUT2D eigenvalue weighted by Gasteiger charge is -2.34. The topological polar surface area (TPSA) is 70.5 Å². The standard InChI is InChI=1S/C47H48N2O2/c1-5-7-13-33-29-37(48)21-25-45(33)50-43-23-19-35(27-31(43)3)47(41-17-11-9-15-39(41)40-16-10-12-18-42(40)47)36-20-24-44(32(4)28-36)51-46-26-22-38(49)30-34(46)14-8-6-2/h9-12,15-30H,5-8,13-14,48-49H2,1-4H3. The first-order chi connectivity index (χ1) is 24.8. The van der Waals surface area contributed by atoms with Crippen molar-refractivity contribution in [1.82, 2.24) is 0 Å². The number of nitrogens with two attached hydrogens (primary N) is 2. The minimum Gasteiger partial charge on any atom is -0.457 e. The van der Waals surface area contributed by atoms with Gasteiger partial charge in [0.05, 0.1) is 5.41 Å². The van der Waals surface area contributed by atoms with E-state index in [2.05, 4.69) is 113 Å². The van der Waals surface area contributed by atoms with Crippen molar-refractivity contribution >= 4 is 11.4 Å². The summed E-state index contributed by atoms with van der Waals surface area (Å²) in [6, 6.07) is 43.0. The van der Waals surface area contributed by atoms with Crippen LogP contribution in [0.4, 0.5) is 11.4 Å². The number of unbranched alkanes of at least 4 members (excludes halogenated alkanes) is 2. The highest BCUT2D eigenvalue weighted by Crippen LogP contribution is 2.56. The molecule has 0 saturated heterocycles. The van der Waals surface area contributed by atoms with E-state index >= 15 is 0 Å². The molecule has 0 aliphatic heterocycles. The Balaban J connectivity index is 1.34. The number of nitrogen functional groups attached to an aromatic ring is 2. The number of hydrogen-bond donors (Lipinski definition) is 2. The van der Waals surface area contributed by atoms with Gasteiger partial charge >= 0.3 is 0 Å². The summed E-state index contributed by atoms with van der Waals surface area (Å²) in [7, 11) is 0. The third-order valence-corrected chi connectivity index (χ3v) is 10.4. The van der Waals surface area contributed by atoms with Crippen LogP contribution in [-0.2, 0) is 18.3 Å². The molecule has 7 rings (SSSR count). The number of aryl methyl sites for hydroxylation is 4. The van der Waals surface area contributed by atoms with Gasteiger partial charge in [0.15, 0.2) is 0 Å². The first kappa shape index (κ1) is 34.0. The van der Waals surface area contributed by atoms with Crippen LogP contribution in [0, 0.1) is 13.8 Å². The first-order valence-corrected chi connectivity index (χ1v) is 18.4. The molecule has 6 aromatic carbocycles. The van der Waals surface area contributed by atoms with Crippen molar-refractivity contribution in [3.8, 4) is 34.1 Å². The van der Waals surface area contributed by atoms with Crippen LogP contribution in [0.15, 0.2) is 121 Å². The minimum atomic E-state index is -0.541. The molecule has 1 aliphatic rings. The molecule has 0 saturated carbocycles. The van der Waals surface area contributed by atoms with Gasteiger partial charge in [-0.05, 0) is 144 Å². The molecule has 0 bridgehead atoms. The molecule has 0 aromatic heterocycles. The number of anilines is 2. The van der Waals surface area contributed by atoms with Gasteiger partial charge in [0.2, 0.25) is 0 Å². The molecule has 0 fully saturated rings. The zero-order valence-electron chi connectivity index (χ0n) is 30.3. The summed E-state index contributed by atoms with van der Waals surface area (Å²) in [5.74, 6) is 3.42. The summed E-state index contributed by atoms with van der Waals surface area (Å²) in [5.41, 5.74) is 25.2. The maximum Gasteiger partial charge on any atom is 0.130 e. The van der Waals surface area contributed by atoms with Gasteiger partial charge in [-0.1, -0.05) is 99.5 Å². The van der Waals surface area contributed by atoms with E-state index in [1.807, 2.05) is 36.4 Å². The fourth-order valence-electron chi connectivity index (χ4n) is 7.78. The van der Waals surface area contributed by atoms with Gasteiger partial charge in [0.25, 0.3) is 0 Å². The summed E-state index contributed by atoms with van der Waals surface area (Å²) in [5, 5.41) is 0. The van der Waals surface area contributed by atoms with E-state index in [9.17, 15) is 0 Å². The van der Waals surface area contributed by atoms with Gasteiger partial charge in [0, 0.05) is 11.4 Å². The molecule has 0 amide bonds. The normalized spacial score (nSPS) is 12.7. The first-order valence-electron chi connectivity index (χ1n) is 18.4. The van der Waals surface area contributed by atoms with E-state index in [4.69, 9.17) is 20.9 Å². The van der Waals surface area contributed by atoms with Crippen LogP contribution in [0.2, 0.25) is 0 Å². The zero-order chi connectivity index (χ0) is 35.5. The summed E-state index contributed by atoms with van der Waals surface area (Å²) in [4.78, 5) is 0. The van der Waals surface area contributed by atoms with Crippen molar-refractivity contribution in [1.29, 1.82) is 0 Å². The van der Waals surface area contributed by atoms with Crippen molar-refractivity contribution in [2.45, 2.75) is 71.6 Å².